The molecule has 0 fully saturated rings. The molecule has 1 heterocycles. The number of nitrogens with two attached hydrogens (primary N) is 1. The van der Waals surface area contributed by atoms with Crippen molar-refractivity contribution in [2.45, 2.75) is 26.7 Å². The highest BCUT2D eigenvalue weighted by atomic mass is 35.5. The quantitative estimate of drug-likeness (QED) is 0.806. The van der Waals surface area contributed by atoms with E-state index in [4.69, 9.17) is 10.2 Å². The van der Waals surface area contributed by atoms with Crippen LogP contribution in [0.4, 0.5) is 11.7 Å². The predicted octanol–water partition coefficient (Wildman–Crippen LogP) is 3.44. The normalized spacial score (nSPS) is 10.7. The van der Waals surface area contributed by atoms with Gasteiger partial charge in [-0.3, -0.25) is 4.79 Å². The van der Waals surface area contributed by atoms with Crippen molar-refractivity contribution < 1.29 is 9.21 Å². The summed E-state index contributed by atoms with van der Waals surface area (Å²) in [4.78, 5) is 18.7. The molecule has 3 N–H and O–H groups in total. The molecule has 6 nitrogen and oxygen atoms in total. The van der Waals surface area contributed by atoms with Crippen LogP contribution in [0.2, 0.25) is 0 Å². The number of hydrogen-bond donors (Lipinski definition) is 2. The first-order valence-electron chi connectivity index (χ1n) is 7.55. The van der Waals surface area contributed by atoms with E-state index < -0.39 is 5.41 Å². The molecule has 2 rings (SSSR count). The van der Waals surface area contributed by atoms with Crippen LogP contribution in [0.5, 0.6) is 0 Å². The van der Waals surface area contributed by atoms with E-state index in [2.05, 4.69) is 10.3 Å². The van der Waals surface area contributed by atoms with E-state index >= 15 is 0 Å². The Bertz CT molecular complexity index is 661. The molecule has 0 aliphatic heterocycles. The molecule has 0 radical (unpaired) electrons. The maximum Gasteiger partial charge on any atom is 0.297 e. The summed E-state index contributed by atoms with van der Waals surface area (Å²) in [5.74, 6) is -0.0457. The molecular weight excluding hydrogens is 351 g/mol. The smallest absolute Gasteiger partial charge is 0.297 e. The molecule has 1 amide bonds. The van der Waals surface area contributed by atoms with Gasteiger partial charge in [0.1, 0.15) is 5.52 Å². The van der Waals surface area contributed by atoms with Crippen LogP contribution in [0.3, 0.4) is 0 Å². The minimum Gasteiger partial charge on any atom is -0.423 e. The highest BCUT2D eigenvalue weighted by Gasteiger charge is 2.33. The molecule has 8 heteroatoms. The Hall–Kier alpha value is -1.50. The average molecular weight is 377 g/mol. The summed E-state index contributed by atoms with van der Waals surface area (Å²) >= 11 is 0. The van der Waals surface area contributed by atoms with E-state index in [0.29, 0.717) is 42.2 Å². The van der Waals surface area contributed by atoms with E-state index in [1.165, 1.54) is 0 Å². The Morgan fingerprint density at radius 3 is 2.42 bits per heavy atom. The number of aromatic nitrogens is 1. The number of anilines is 2. The van der Waals surface area contributed by atoms with Gasteiger partial charge in [-0.05, 0) is 31.0 Å². The molecular formula is C16H26Cl2N4O2. The number of hydrogen-bond acceptors (Lipinski definition) is 5. The lowest BCUT2D eigenvalue weighted by atomic mass is 9.81. The number of carbonyl (C=O) groups is 1. The fourth-order valence-electron chi connectivity index (χ4n) is 2.40. The maximum absolute atomic E-state index is 12.5. The van der Waals surface area contributed by atoms with Gasteiger partial charge in [-0.15, -0.1) is 24.8 Å². The van der Waals surface area contributed by atoms with Crippen molar-refractivity contribution in [1.29, 1.82) is 0 Å². The van der Waals surface area contributed by atoms with Crippen molar-refractivity contribution in [3.63, 3.8) is 0 Å². The van der Waals surface area contributed by atoms with Gasteiger partial charge in [-0.1, -0.05) is 13.8 Å². The SMILES string of the molecule is CCC(CC)(CN)C(=O)Nc1ccc2oc(N(C)C)nc2c1.Cl.Cl. The number of halogens is 2. The third kappa shape index (κ3) is 4.32. The molecule has 2 aromatic rings. The lowest BCUT2D eigenvalue weighted by Crippen LogP contribution is -2.41. The van der Waals surface area contributed by atoms with E-state index in [9.17, 15) is 4.79 Å². The summed E-state index contributed by atoms with van der Waals surface area (Å²) in [6, 6.07) is 5.98. The highest BCUT2D eigenvalue weighted by molar-refractivity contribution is 5.97. The van der Waals surface area contributed by atoms with Gasteiger partial charge in [0.2, 0.25) is 5.91 Å². The summed E-state index contributed by atoms with van der Waals surface area (Å²) < 4.78 is 5.60. The van der Waals surface area contributed by atoms with Crippen LogP contribution in [-0.4, -0.2) is 31.5 Å². The van der Waals surface area contributed by atoms with Crippen molar-refractivity contribution in [3.8, 4) is 0 Å². The van der Waals surface area contributed by atoms with Crippen LogP contribution >= 0.6 is 24.8 Å². The van der Waals surface area contributed by atoms with Crippen LogP contribution in [0.1, 0.15) is 26.7 Å². The van der Waals surface area contributed by atoms with Crippen molar-refractivity contribution in [3.05, 3.63) is 18.2 Å². The second kappa shape index (κ2) is 9.11. The first-order valence-corrected chi connectivity index (χ1v) is 7.55. The topological polar surface area (TPSA) is 84.4 Å². The van der Waals surface area contributed by atoms with Crippen molar-refractivity contribution >= 4 is 53.5 Å². The fourth-order valence-corrected chi connectivity index (χ4v) is 2.40. The van der Waals surface area contributed by atoms with Crippen molar-refractivity contribution in [2.75, 3.05) is 30.9 Å². The molecule has 1 aromatic heterocycles. The lowest BCUT2D eigenvalue weighted by molar-refractivity contribution is -0.125. The zero-order valence-corrected chi connectivity index (χ0v) is 16.1. The van der Waals surface area contributed by atoms with Gasteiger partial charge < -0.3 is 20.4 Å². The second-order valence-electron chi connectivity index (χ2n) is 5.72. The highest BCUT2D eigenvalue weighted by Crippen LogP contribution is 2.28. The van der Waals surface area contributed by atoms with Gasteiger partial charge in [0.05, 0.1) is 5.41 Å². The van der Waals surface area contributed by atoms with Crippen molar-refractivity contribution in [2.24, 2.45) is 11.1 Å². The van der Waals surface area contributed by atoms with E-state index in [1.54, 1.807) is 4.90 Å². The van der Waals surface area contributed by atoms with Crippen LogP contribution in [-0.2, 0) is 4.79 Å². The molecule has 0 aliphatic rings. The zero-order chi connectivity index (χ0) is 16.3. The van der Waals surface area contributed by atoms with Crippen molar-refractivity contribution in [1.82, 2.24) is 4.98 Å². The van der Waals surface area contributed by atoms with Crippen LogP contribution < -0.4 is 16.0 Å². The van der Waals surface area contributed by atoms with Gasteiger partial charge in [0.15, 0.2) is 5.58 Å². The molecule has 136 valence electrons. The zero-order valence-electron chi connectivity index (χ0n) is 14.5. The number of nitrogens with one attached hydrogen (secondary N) is 1. The Kier molecular flexibility index (Phi) is 8.54. The molecule has 0 atom stereocenters. The van der Waals surface area contributed by atoms with Gasteiger partial charge in [0.25, 0.3) is 6.01 Å². The Balaban J connectivity index is 0.00000264. The molecule has 0 saturated carbocycles. The van der Waals surface area contributed by atoms with E-state index in [0.717, 1.165) is 0 Å². The number of amides is 1. The van der Waals surface area contributed by atoms with E-state index in [1.807, 2.05) is 46.1 Å². The third-order valence-corrected chi connectivity index (χ3v) is 4.24. The molecule has 0 unspecified atom stereocenters. The Morgan fingerprint density at radius 2 is 1.92 bits per heavy atom. The maximum atomic E-state index is 12.5. The van der Waals surface area contributed by atoms with Gasteiger partial charge in [0, 0.05) is 26.3 Å². The summed E-state index contributed by atoms with van der Waals surface area (Å²) in [5, 5.41) is 2.95. The molecule has 0 spiro atoms. The van der Waals surface area contributed by atoms with Gasteiger partial charge in [-0.25, -0.2) is 0 Å². The molecule has 0 bridgehead atoms. The molecule has 0 saturated heterocycles. The fraction of sp³-hybridized carbons (Fsp3) is 0.500. The summed E-state index contributed by atoms with van der Waals surface area (Å²) in [7, 11) is 3.73. The first kappa shape index (κ1) is 22.5. The van der Waals surface area contributed by atoms with Gasteiger partial charge >= 0.3 is 0 Å². The second-order valence-corrected chi connectivity index (χ2v) is 5.72. The summed E-state index contributed by atoms with van der Waals surface area (Å²) in [6.07, 6.45) is 1.42. The summed E-state index contributed by atoms with van der Waals surface area (Å²) in [5.41, 5.74) is 7.41. The number of nitrogens with zero attached hydrogens (tertiary/aromatic N) is 2. The number of fused-ring (bicyclic) bond motifs is 1. The number of oxazole rings is 1. The average Bonchev–Trinajstić information content (AvgIpc) is 2.93. The standard InChI is InChI=1S/C16H24N4O2.2ClH/c1-5-16(6-2,10-17)14(21)18-11-7-8-13-12(9-11)19-15(22-13)20(3)4;;/h7-9H,5-6,10,17H2,1-4H3,(H,18,21);2*1H. The number of benzene rings is 1. The monoisotopic (exact) mass is 376 g/mol. The molecule has 24 heavy (non-hydrogen) atoms. The molecule has 0 aliphatic carbocycles. The Morgan fingerprint density at radius 1 is 1.29 bits per heavy atom. The third-order valence-electron chi connectivity index (χ3n) is 4.24. The van der Waals surface area contributed by atoms with Crippen LogP contribution in [0, 0.1) is 5.41 Å². The number of rotatable bonds is 6. The largest absolute Gasteiger partial charge is 0.423 e. The van der Waals surface area contributed by atoms with Crippen LogP contribution in [0.25, 0.3) is 11.1 Å². The lowest BCUT2D eigenvalue weighted by Gasteiger charge is -2.28. The number of carbonyl (C=O) groups excluding carboxylic acids is 1. The minimum atomic E-state index is -0.520. The van der Waals surface area contributed by atoms with Gasteiger partial charge in [-0.2, -0.15) is 4.98 Å². The predicted molar refractivity (Wildman–Crippen MR) is 104 cm³/mol. The first-order chi connectivity index (χ1) is 10.5. The minimum absolute atomic E-state index is 0. The summed E-state index contributed by atoms with van der Waals surface area (Å²) in [6.45, 7) is 4.31. The Labute approximate surface area is 155 Å². The van der Waals surface area contributed by atoms with Crippen LogP contribution in [0.15, 0.2) is 22.6 Å². The van der Waals surface area contributed by atoms with E-state index in [-0.39, 0.29) is 30.7 Å². The molecule has 1 aromatic carbocycles.